The van der Waals surface area contributed by atoms with Gasteiger partial charge in [0.05, 0.1) is 17.8 Å². The highest BCUT2D eigenvalue weighted by Crippen LogP contribution is 2.17. The maximum absolute atomic E-state index is 11.3. The third kappa shape index (κ3) is 2.21. The smallest absolute Gasteiger partial charge is 0.182 e. The molecule has 0 atom stereocenters. The summed E-state index contributed by atoms with van der Waals surface area (Å²) >= 11 is 0. The number of rotatable bonds is 3. The van der Waals surface area contributed by atoms with E-state index in [1.54, 1.807) is 12.1 Å². The van der Waals surface area contributed by atoms with Gasteiger partial charge in [-0.3, -0.25) is 0 Å². The van der Waals surface area contributed by atoms with Crippen LogP contribution in [0.2, 0.25) is 0 Å². The Labute approximate surface area is 78.3 Å². The van der Waals surface area contributed by atoms with Crippen LogP contribution in [0.3, 0.4) is 0 Å². The number of methoxy groups -OCH3 is 1. The van der Waals surface area contributed by atoms with Crippen LogP contribution in [0.15, 0.2) is 29.2 Å². The molecule has 0 saturated carbocycles. The Bertz CT molecular complexity index is 364. The highest BCUT2D eigenvalue weighted by atomic mass is 32.2. The van der Waals surface area contributed by atoms with Crippen LogP contribution in [0, 0.1) is 5.75 Å². The predicted octanol–water partition coefficient (Wildman–Crippen LogP) is 1.65. The lowest BCUT2D eigenvalue weighted by molar-refractivity contribution is 0.414. The minimum Gasteiger partial charge on any atom is -0.497 e. The van der Waals surface area contributed by atoms with Gasteiger partial charge in [0.25, 0.3) is 0 Å². The normalized spacial score (nSPS) is 11.2. The minimum absolute atomic E-state index is 0.288. The van der Waals surface area contributed by atoms with E-state index in [1.165, 1.54) is 31.9 Å². The molecule has 0 aliphatic carbocycles. The van der Waals surface area contributed by atoms with Crippen LogP contribution in [0.25, 0.3) is 0 Å². The molecule has 0 heterocycles. The second kappa shape index (κ2) is 3.79. The van der Waals surface area contributed by atoms with Crippen LogP contribution in [-0.4, -0.2) is 15.5 Å². The second-order valence-corrected chi connectivity index (χ2v) is 4.49. The monoisotopic (exact) mass is 199 g/mol. The Morgan fingerprint density at radius 2 is 1.77 bits per heavy atom. The van der Waals surface area contributed by atoms with Gasteiger partial charge in [-0.2, -0.15) is 0 Å². The van der Waals surface area contributed by atoms with Crippen molar-refractivity contribution in [2.45, 2.75) is 11.8 Å². The summed E-state index contributed by atoms with van der Waals surface area (Å²) in [6, 6.07) is 6.29. The fraction of sp³-hybridized carbons (Fsp3) is 0.222. The van der Waals surface area contributed by atoms with Crippen LogP contribution in [0.5, 0.6) is 5.75 Å². The van der Waals surface area contributed by atoms with Gasteiger partial charge < -0.3 is 4.74 Å². The van der Waals surface area contributed by atoms with Gasteiger partial charge in [-0.05, 0) is 31.2 Å². The summed E-state index contributed by atoms with van der Waals surface area (Å²) < 4.78 is 27.5. The third-order valence-electron chi connectivity index (χ3n) is 1.70. The Morgan fingerprint density at radius 1 is 1.23 bits per heavy atom. The maximum atomic E-state index is 11.3. The van der Waals surface area contributed by atoms with E-state index < -0.39 is 9.84 Å². The zero-order valence-electron chi connectivity index (χ0n) is 7.52. The average Bonchev–Trinajstić information content (AvgIpc) is 2.18. The molecular weight excluding hydrogens is 188 g/mol. The van der Waals surface area contributed by atoms with Crippen molar-refractivity contribution in [3.8, 4) is 5.75 Å². The van der Waals surface area contributed by atoms with Crippen molar-refractivity contribution in [1.82, 2.24) is 0 Å². The first-order chi connectivity index (χ1) is 6.10. The van der Waals surface area contributed by atoms with Crippen molar-refractivity contribution in [1.29, 1.82) is 0 Å². The second-order valence-electron chi connectivity index (χ2n) is 2.46. The van der Waals surface area contributed by atoms with Gasteiger partial charge >= 0.3 is 0 Å². The van der Waals surface area contributed by atoms with E-state index in [0.29, 0.717) is 5.75 Å². The number of hydrogen-bond acceptors (Lipinski definition) is 3. The number of hydrogen-bond donors (Lipinski definition) is 0. The van der Waals surface area contributed by atoms with Gasteiger partial charge in [-0.1, -0.05) is 0 Å². The summed E-state index contributed by atoms with van der Waals surface area (Å²) in [5.74, 6) is 1.82. The SMILES string of the molecule is C[CH]S(=O)(=O)c1ccc(OC)cc1. The number of sulfone groups is 1. The van der Waals surface area contributed by atoms with E-state index in [0.717, 1.165) is 0 Å². The van der Waals surface area contributed by atoms with Crippen LogP contribution < -0.4 is 4.74 Å². The molecule has 0 aromatic heterocycles. The molecule has 1 radical (unpaired) electrons. The highest BCUT2D eigenvalue weighted by Gasteiger charge is 2.10. The Morgan fingerprint density at radius 3 is 2.15 bits per heavy atom. The molecule has 0 spiro atoms. The maximum Gasteiger partial charge on any atom is 0.182 e. The summed E-state index contributed by atoms with van der Waals surface area (Å²) in [4.78, 5) is 0.288. The summed E-state index contributed by atoms with van der Waals surface area (Å²) in [5, 5.41) is 0. The molecule has 3 nitrogen and oxygen atoms in total. The minimum atomic E-state index is -3.20. The fourth-order valence-electron chi connectivity index (χ4n) is 0.901. The van der Waals surface area contributed by atoms with Crippen molar-refractivity contribution in [2.24, 2.45) is 0 Å². The Balaban J connectivity index is 3.06. The van der Waals surface area contributed by atoms with Crippen LogP contribution in [-0.2, 0) is 9.84 Å². The Hall–Kier alpha value is -1.03. The highest BCUT2D eigenvalue weighted by molar-refractivity contribution is 7.93. The van der Waals surface area contributed by atoms with Crippen LogP contribution >= 0.6 is 0 Å². The quantitative estimate of drug-likeness (QED) is 0.743. The van der Waals surface area contributed by atoms with Crippen molar-refractivity contribution in [3.63, 3.8) is 0 Å². The van der Waals surface area contributed by atoms with E-state index in [4.69, 9.17) is 4.74 Å². The van der Waals surface area contributed by atoms with E-state index in [2.05, 4.69) is 0 Å². The first-order valence-electron chi connectivity index (χ1n) is 3.78. The lowest BCUT2D eigenvalue weighted by Gasteiger charge is -2.02. The third-order valence-corrected chi connectivity index (χ3v) is 3.25. The van der Waals surface area contributed by atoms with Gasteiger partial charge in [0.2, 0.25) is 0 Å². The molecule has 0 unspecified atom stereocenters. The standard InChI is InChI=1S/C9H11O3S/c1-3-13(10,11)9-6-4-8(12-2)5-7-9/h3-7H,1-2H3. The summed E-state index contributed by atoms with van der Waals surface area (Å²) in [7, 11) is -1.67. The van der Waals surface area contributed by atoms with Crippen LogP contribution in [0.1, 0.15) is 6.92 Å². The van der Waals surface area contributed by atoms with E-state index in [1.807, 2.05) is 0 Å². The fourth-order valence-corrected chi connectivity index (χ4v) is 1.69. The van der Waals surface area contributed by atoms with Crippen molar-refractivity contribution in [3.05, 3.63) is 30.0 Å². The average molecular weight is 199 g/mol. The number of ether oxygens (including phenoxy) is 1. The zero-order chi connectivity index (χ0) is 9.90. The predicted molar refractivity (Wildman–Crippen MR) is 50.2 cm³/mol. The van der Waals surface area contributed by atoms with Crippen molar-refractivity contribution in [2.75, 3.05) is 7.11 Å². The number of benzene rings is 1. The van der Waals surface area contributed by atoms with Gasteiger partial charge in [0.15, 0.2) is 9.84 Å². The summed E-state index contributed by atoms with van der Waals surface area (Å²) in [5.41, 5.74) is 0. The van der Waals surface area contributed by atoms with Gasteiger partial charge in [-0.25, -0.2) is 8.42 Å². The van der Waals surface area contributed by atoms with Crippen molar-refractivity contribution < 1.29 is 13.2 Å². The molecule has 4 heteroatoms. The molecule has 0 saturated heterocycles. The lowest BCUT2D eigenvalue weighted by Crippen LogP contribution is -1.98. The van der Waals surface area contributed by atoms with Crippen LogP contribution in [0.4, 0.5) is 0 Å². The molecule has 0 N–H and O–H groups in total. The first-order valence-corrected chi connectivity index (χ1v) is 5.33. The van der Waals surface area contributed by atoms with Gasteiger partial charge in [0.1, 0.15) is 5.75 Å². The topological polar surface area (TPSA) is 43.4 Å². The van der Waals surface area contributed by atoms with E-state index in [-0.39, 0.29) is 4.90 Å². The molecule has 0 fully saturated rings. The molecule has 0 amide bonds. The molecule has 0 bridgehead atoms. The molecule has 71 valence electrons. The lowest BCUT2D eigenvalue weighted by atomic mass is 10.3. The molecule has 1 aromatic rings. The zero-order valence-corrected chi connectivity index (χ0v) is 8.34. The van der Waals surface area contributed by atoms with Gasteiger partial charge in [0, 0.05) is 0 Å². The molecule has 1 rings (SSSR count). The largest absolute Gasteiger partial charge is 0.497 e. The van der Waals surface area contributed by atoms with Crippen molar-refractivity contribution >= 4 is 9.84 Å². The van der Waals surface area contributed by atoms with E-state index in [9.17, 15) is 8.42 Å². The molecule has 13 heavy (non-hydrogen) atoms. The molecular formula is C9H11O3S. The molecule has 0 aliphatic heterocycles. The van der Waals surface area contributed by atoms with Gasteiger partial charge in [-0.15, -0.1) is 0 Å². The summed E-state index contributed by atoms with van der Waals surface area (Å²) in [6.07, 6.45) is 0. The first kappa shape index (κ1) is 10.1. The summed E-state index contributed by atoms with van der Waals surface area (Å²) in [6.45, 7) is 1.50. The molecule has 0 aliphatic rings. The van der Waals surface area contributed by atoms with E-state index >= 15 is 0 Å². The Kier molecular flexibility index (Phi) is 2.93. The molecule has 1 aromatic carbocycles.